The SMILES string of the molecule is CCNc1c(F)cccc1C(=O)N(C)C1CCCC1. The first-order valence-electron chi connectivity index (χ1n) is 6.94. The maximum atomic E-state index is 13.8. The monoisotopic (exact) mass is 264 g/mol. The number of carbonyl (C=O) groups is 1. The first kappa shape index (κ1) is 13.8. The molecule has 2 rings (SSSR count). The van der Waals surface area contributed by atoms with Crippen molar-refractivity contribution in [2.45, 2.75) is 38.6 Å². The van der Waals surface area contributed by atoms with Crippen LogP contribution in [0.1, 0.15) is 43.0 Å². The molecular weight excluding hydrogens is 243 g/mol. The molecule has 1 N–H and O–H groups in total. The van der Waals surface area contributed by atoms with Crippen molar-refractivity contribution in [2.75, 3.05) is 18.9 Å². The lowest BCUT2D eigenvalue weighted by Crippen LogP contribution is -2.35. The molecular formula is C15H21FN2O. The van der Waals surface area contributed by atoms with Crippen LogP contribution >= 0.6 is 0 Å². The summed E-state index contributed by atoms with van der Waals surface area (Å²) in [6.45, 7) is 2.48. The van der Waals surface area contributed by atoms with Gasteiger partial charge in [0, 0.05) is 19.6 Å². The van der Waals surface area contributed by atoms with Crippen molar-refractivity contribution in [3.05, 3.63) is 29.6 Å². The Balaban J connectivity index is 2.24. The minimum atomic E-state index is -0.368. The Morgan fingerprint density at radius 3 is 2.74 bits per heavy atom. The zero-order valence-electron chi connectivity index (χ0n) is 11.6. The maximum Gasteiger partial charge on any atom is 0.256 e. The Kier molecular flexibility index (Phi) is 4.40. The van der Waals surface area contributed by atoms with Crippen LogP contribution in [0, 0.1) is 5.82 Å². The van der Waals surface area contributed by atoms with Gasteiger partial charge in [-0.25, -0.2) is 4.39 Å². The van der Waals surface area contributed by atoms with Crippen molar-refractivity contribution in [1.82, 2.24) is 4.90 Å². The fourth-order valence-electron chi connectivity index (χ4n) is 2.71. The lowest BCUT2D eigenvalue weighted by atomic mass is 10.1. The van der Waals surface area contributed by atoms with Gasteiger partial charge in [-0.1, -0.05) is 18.9 Å². The first-order chi connectivity index (χ1) is 9.15. The van der Waals surface area contributed by atoms with Crippen molar-refractivity contribution in [3.63, 3.8) is 0 Å². The number of hydrogen-bond acceptors (Lipinski definition) is 2. The van der Waals surface area contributed by atoms with Gasteiger partial charge in [0.1, 0.15) is 5.82 Å². The van der Waals surface area contributed by atoms with Gasteiger partial charge in [-0.15, -0.1) is 0 Å². The van der Waals surface area contributed by atoms with E-state index in [0.717, 1.165) is 12.8 Å². The Hall–Kier alpha value is -1.58. The highest BCUT2D eigenvalue weighted by molar-refractivity contribution is 5.99. The number of halogens is 1. The Morgan fingerprint density at radius 1 is 1.42 bits per heavy atom. The van der Waals surface area contributed by atoms with Crippen LogP contribution in [0.5, 0.6) is 0 Å². The van der Waals surface area contributed by atoms with E-state index in [0.29, 0.717) is 23.8 Å². The third-order valence-corrected chi connectivity index (χ3v) is 3.79. The molecule has 1 saturated carbocycles. The molecule has 0 unspecified atom stereocenters. The molecule has 0 atom stereocenters. The van der Waals surface area contributed by atoms with E-state index in [1.807, 2.05) is 14.0 Å². The van der Waals surface area contributed by atoms with Crippen LogP contribution in [0.3, 0.4) is 0 Å². The molecule has 0 saturated heterocycles. The highest BCUT2D eigenvalue weighted by Gasteiger charge is 2.26. The molecule has 1 aromatic rings. The fraction of sp³-hybridized carbons (Fsp3) is 0.533. The smallest absolute Gasteiger partial charge is 0.256 e. The summed E-state index contributed by atoms with van der Waals surface area (Å²) in [5, 5.41) is 2.95. The zero-order chi connectivity index (χ0) is 13.8. The summed E-state index contributed by atoms with van der Waals surface area (Å²) < 4.78 is 13.8. The molecule has 1 aromatic carbocycles. The molecule has 1 aliphatic rings. The molecule has 0 aromatic heterocycles. The van der Waals surface area contributed by atoms with Gasteiger partial charge >= 0.3 is 0 Å². The first-order valence-corrected chi connectivity index (χ1v) is 6.94. The standard InChI is InChI=1S/C15H21FN2O/c1-3-17-14-12(9-6-10-13(14)16)15(19)18(2)11-7-4-5-8-11/h6,9-11,17H,3-5,7-8H2,1-2H3. The van der Waals surface area contributed by atoms with E-state index in [2.05, 4.69) is 5.32 Å². The zero-order valence-corrected chi connectivity index (χ0v) is 11.6. The van der Waals surface area contributed by atoms with Gasteiger partial charge in [-0.3, -0.25) is 4.79 Å². The van der Waals surface area contributed by atoms with Gasteiger partial charge in [-0.05, 0) is 31.9 Å². The number of rotatable bonds is 4. The molecule has 1 aliphatic carbocycles. The normalized spacial score (nSPS) is 15.5. The Morgan fingerprint density at radius 2 is 2.11 bits per heavy atom. The lowest BCUT2D eigenvalue weighted by molar-refractivity contribution is 0.0735. The second kappa shape index (κ2) is 6.04. The van der Waals surface area contributed by atoms with Gasteiger partial charge in [0.05, 0.1) is 11.3 Å². The molecule has 0 heterocycles. The molecule has 0 spiro atoms. The van der Waals surface area contributed by atoms with Crippen LogP contribution in [0.15, 0.2) is 18.2 Å². The molecule has 0 aliphatic heterocycles. The summed E-state index contributed by atoms with van der Waals surface area (Å²) in [4.78, 5) is 14.3. The predicted molar refractivity (Wildman–Crippen MR) is 74.9 cm³/mol. The predicted octanol–water partition coefficient (Wildman–Crippen LogP) is 3.27. The second-order valence-electron chi connectivity index (χ2n) is 5.05. The Labute approximate surface area is 113 Å². The molecule has 1 amide bonds. The van der Waals surface area contributed by atoms with Gasteiger partial charge in [0.15, 0.2) is 0 Å². The van der Waals surface area contributed by atoms with Crippen molar-refractivity contribution >= 4 is 11.6 Å². The summed E-state index contributed by atoms with van der Waals surface area (Å²) in [6.07, 6.45) is 4.44. The summed E-state index contributed by atoms with van der Waals surface area (Å²) in [7, 11) is 1.82. The van der Waals surface area contributed by atoms with Crippen molar-refractivity contribution < 1.29 is 9.18 Å². The molecule has 19 heavy (non-hydrogen) atoms. The van der Waals surface area contributed by atoms with Crippen LogP contribution in [0.4, 0.5) is 10.1 Å². The van der Waals surface area contributed by atoms with Crippen LogP contribution in [-0.4, -0.2) is 30.4 Å². The van der Waals surface area contributed by atoms with Gasteiger partial charge in [0.2, 0.25) is 0 Å². The van der Waals surface area contributed by atoms with E-state index < -0.39 is 0 Å². The number of nitrogens with zero attached hydrogens (tertiary/aromatic N) is 1. The van der Waals surface area contributed by atoms with Crippen molar-refractivity contribution in [1.29, 1.82) is 0 Å². The number of para-hydroxylation sites is 1. The fourth-order valence-corrected chi connectivity index (χ4v) is 2.71. The number of nitrogens with one attached hydrogen (secondary N) is 1. The molecule has 1 fully saturated rings. The summed E-state index contributed by atoms with van der Waals surface area (Å²) >= 11 is 0. The van der Waals surface area contributed by atoms with Crippen LogP contribution in [0.25, 0.3) is 0 Å². The molecule has 4 heteroatoms. The minimum absolute atomic E-state index is 0.0950. The van der Waals surface area contributed by atoms with E-state index in [1.54, 1.807) is 17.0 Å². The minimum Gasteiger partial charge on any atom is -0.382 e. The largest absolute Gasteiger partial charge is 0.382 e. The number of amides is 1. The number of benzene rings is 1. The lowest BCUT2D eigenvalue weighted by Gasteiger charge is -2.25. The summed E-state index contributed by atoms with van der Waals surface area (Å²) in [6, 6.07) is 4.95. The van der Waals surface area contributed by atoms with E-state index in [-0.39, 0.29) is 11.7 Å². The molecule has 3 nitrogen and oxygen atoms in total. The highest BCUT2D eigenvalue weighted by Crippen LogP contribution is 2.26. The molecule has 0 radical (unpaired) electrons. The van der Waals surface area contributed by atoms with E-state index >= 15 is 0 Å². The number of hydrogen-bond donors (Lipinski definition) is 1. The summed E-state index contributed by atoms with van der Waals surface area (Å²) in [5.74, 6) is -0.463. The Bertz CT molecular complexity index is 455. The van der Waals surface area contributed by atoms with E-state index in [4.69, 9.17) is 0 Å². The molecule has 104 valence electrons. The second-order valence-corrected chi connectivity index (χ2v) is 5.05. The average molecular weight is 264 g/mol. The van der Waals surface area contributed by atoms with Crippen LogP contribution in [0.2, 0.25) is 0 Å². The third kappa shape index (κ3) is 2.88. The van der Waals surface area contributed by atoms with Crippen LogP contribution < -0.4 is 5.32 Å². The molecule has 0 bridgehead atoms. The topological polar surface area (TPSA) is 32.3 Å². The van der Waals surface area contributed by atoms with Gasteiger partial charge < -0.3 is 10.2 Å². The maximum absolute atomic E-state index is 13.8. The number of anilines is 1. The summed E-state index contributed by atoms with van der Waals surface area (Å²) in [5.41, 5.74) is 0.746. The third-order valence-electron chi connectivity index (χ3n) is 3.79. The van der Waals surface area contributed by atoms with Gasteiger partial charge in [0.25, 0.3) is 5.91 Å². The average Bonchev–Trinajstić information content (AvgIpc) is 2.93. The van der Waals surface area contributed by atoms with E-state index in [1.165, 1.54) is 18.9 Å². The van der Waals surface area contributed by atoms with Crippen LogP contribution in [-0.2, 0) is 0 Å². The van der Waals surface area contributed by atoms with E-state index in [9.17, 15) is 9.18 Å². The number of carbonyl (C=O) groups excluding carboxylic acids is 1. The highest BCUT2D eigenvalue weighted by atomic mass is 19.1. The van der Waals surface area contributed by atoms with Gasteiger partial charge in [-0.2, -0.15) is 0 Å². The quantitative estimate of drug-likeness (QED) is 0.905. The van der Waals surface area contributed by atoms with Crippen molar-refractivity contribution in [2.24, 2.45) is 0 Å². The van der Waals surface area contributed by atoms with Crippen molar-refractivity contribution in [3.8, 4) is 0 Å².